The fourth-order valence-electron chi connectivity index (χ4n) is 3.39. The molecule has 0 radical (unpaired) electrons. The van der Waals surface area contributed by atoms with Crippen molar-refractivity contribution in [2.45, 2.75) is 69.6 Å². The Morgan fingerprint density at radius 3 is 2.18 bits per heavy atom. The van der Waals surface area contributed by atoms with Crippen molar-refractivity contribution in [2.24, 2.45) is 11.8 Å². The quantitative estimate of drug-likeness (QED) is 0.557. The van der Waals surface area contributed by atoms with Crippen molar-refractivity contribution in [3.8, 4) is 0 Å². The van der Waals surface area contributed by atoms with Crippen LogP contribution in [0.15, 0.2) is 29.2 Å². The second-order valence-corrected chi connectivity index (χ2v) is 8.65. The predicted molar refractivity (Wildman–Crippen MR) is 114 cm³/mol. The molecule has 0 aromatic heterocycles. The molecule has 1 aliphatic heterocycles. The molecular formula is C22H33NO4S. The molecule has 0 amide bonds. The first kappa shape index (κ1) is 22.6. The molecule has 5 nitrogen and oxygen atoms in total. The summed E-state index contributed by atoms with van der Waals surface area (Å²) >= 11 is 1.87. The number of carbonyl (C=O) groups excluding carboxylic acids is 2. The predicted octanol–water partition coefficient (Wildman–Crippen LogP) is 4.90. The lowest BCUT2D eigenvalue weighted by Gasteiger charge is -2.35. The first-order valence-corrected chi connectivity index (χ1v) is 11.2. The summed E-state index contributed by atoms with van der Waals surface area (Å²) in [7, 11) is 0. The number of anilines is 1. The zero-order valence-corrected chi connectivity index (χ0v) is 18.2. The van der Waals surface area contributed by atoms with Crippen LogP contribution < -0.4 is 5.32 Å². The molecule has 1 aromatic carbocycles. The summed E-state index contributed by atoms with van der Waals surface area (Å²) in [5.41, 5.74) is 1.15. The monoisotopic (exact) mass is 407 g/mol. The number of benzene rings is 1. The molecule has 1 N–H and O–H groups in total. The van der Waals surface area contributed by atoms with E-state index in [4.69, 9.17) is 9.47 Å². The number of nitrogens with one attached hydrogen (secondary N) is 1. The summed E-state index contributed by atoms with van der Waals surface area (Å²) in [5.74, 6) is -0.456. The van der Waals surface area contributed by atoms with Gasteiger partial charge in [0, 0.05) is 21.9 Å². The Hall–Kier alpha value is -1.69. The lowest BCUT2D eigenvalue weighted by atomic mass is 9.95. The minimum atomic E-state index is -0.126. The van der Waals surface area contributed by atoms with Crippen molar-refractivity contribution in [3.05, 3.63) is 24.3 Å². The molecule has 28 heavy (non-hydrogen) atoms. The third-order valence-electron chi connectivity index (χ3n) is 5.13. The highest BCUT2D eigenvalue weighted by atomic mass is 32.2. The van der Waals surface area contributed by atoms with Gasteiger partial charge < -0.3 is 14.8 Å². The van der Waals surface area contributed by atoms with Crippen LogP contribution in [0.4, 0.5) is 5.69 Å². The molecule has 0 saturated heterocycles. The number of carbonyl (C=O) groups is 2. The smallest absolute Gasteiger partial charge is 0.308 e. The molecule has 0 aliphatic carbocycles. The van der Waals surface area contributed by atoms with Crippen LogP contribution in [0.2, 0.25) is 0 Å². The van der Waals surface area contributed by atoms with Crippen LogP contribution in [0.1, 0.15) is 53.4 Å². The molecule has 4 atom stereocenters. The van der Waals surface area contributed by atoms with E-state index in [-0.39, 0.29) is 29.8 Å². The Labute approximate surface area is 172 Å². The second-order valence-electron chi connectivity index (χ2n) is 7.36. The van der Waals surface area contributed by atoms with Gasteiger partial charge in [-0.25, -0.2) is 0 Å². The first-order valence-electron chi connectivity index (χ1n) is 10.3. The van der Waals surface area contributed by atoms with E-state index in [1.54, 1.807) is 0 Å². The summed E-state index contributed by atoms with van der Waals surface area (Å²) < 4.78 is 10.3. The van der Waals surface area contributed by atoms with E-state index >= 15 is 0 Å². The third kappa shape index (κ3) is 6.43. The van der Waals surface area contributed by atoms with Crippen molar-refractivity contribution in [3.63, 3.8) is 0 Å². The zero-order chi connectivity index (χ0) is 20.5. The molecule has 2 rings (SSSR count). The summed E-state index contributed by atoms with van der Waals surface area (Å²) in [6, 6.07) is 8.57. The molecule has 1 aliphatic rings. The Balaban J connectivity index is 2.00. The number of esters is 2. The minimum Gasteiger partial charge on any atom is -0.466 e. The van der Waals surface area contributed by atoms with Crippen molar-refractivity contribution >= 4 is 29.4 Å². The number of hydrogen-bond donors (Lipinski definition) is 1. The van der Waals surface area contributed by atoms with Crippen molar-refractivity contribution in [2.75, 3.05) is 18.5 Å². The fraction of sp³-hybridized carbons (Fsp3) is 0.636. The molecule has 6 heteroatoms. The largest absolute Gasteiger partial charge is 0.466 e. The molecule has 0 spiro atoms. The van der Waals surface area contributed by atoms with Crippen molar-refractivity contribution < 1.29 is 19.1 Å². The van der Waals surface area contributed by atoms with Gasteiger partial charge >= 0.3 is 11.9 Å². The maximum Gasteiger partial charge on any atom is 0.308 e. The topological polar surface area (TPSA) is 64.6 Å². The lowest BCUT2D eigenvalue weighted by molar-refractivity contribution is -0.148. The Morgan fingerprint density at radius 2 is 1.57 bits per heavy atom. The van der Waals surface area contributed by atoms with Gasteiger partial charge in [-0.2, -0.15) is 0 Å². The number of ether oxygens (including phenoxy) is 2. The van der Waals surface area contributed by atoms with E-state index in [2.05, 4.69) is 23.5 Å². The summed E-state index contributed by atoms with van der Waals surface area (Å²) in [6.45, 7) is 8.38. The van der Waals surface area contributed by atoms with Crippen LogP contribution in [-0.4, -0.2) is 36.4 Å². The normalized spacial score (nSPS) is 20.4. The molecule has 1 aromatic rings. The zero-order valence-electron chi connectivity index (χ0n) is 17.4. The first-order chi connectivity index (χ1) is 13.5. The van der Waals surface area contributed by atoms with Gasteiger partial charge in [-0.15, -0.1) is 11.8 Å². The van der Waals surface area contributed by atoms with E-state index in [9.17, 15) is 9.59 Å². The van der Waals surface area contributed by atoms with Gasteiger partial charge in [0.25, 0.3) is 0 Å². The van der Waals surface area contributed by atoms with Crippen LogP contribution >= 0.6 is 11.8 Å². The molecule has 0 fully saturated rings. The highest BCUT2D eigenvalue weighted by Gasteiger charge is 2.30. The molecule has 156 valence electrons. The summed E-state index contributed by atoms with van der Waals surface area (Å²) in [5, 5.41) is 4.01. The molecular weight excluding hydrogens is 374 g/mol. The Morgan fingerprint density at radius 1 is 1.00 bits per heavy atom. The van der Waals surface area contributed by atoms with E-state index in [1.165, 1.54) is 4.90 Å². The standard InChI is InChI=1S/C22H33NO4S/c1-5-26-21(24)15(3)11-13-18-20(14-12-16(4)22(25)27-6-2)28-19-10-8-7-9-17(19)23-18/h7-10,15-16,18,20,23H,5-6,11-14H2,1-4H3. The number of hydrogen-bond acceptors (Lipinski definition) is 6. The van der Waals surface area contributed by atoms with Gasteiger partial charge in [-0.05, 0) is 51.7 Å². The van der Waals surface area contributed by atoms with Crippen LogP contribution in [0.5, 0.6) is 0 Å². The average Bonchev–Trinajstić information content (AvgIpc) is 2.70. The van der Waals surface area contributed by atoms with Crippen molar-refractivity contribution in [1.82, 2.24) is 0 Å². The minimum absolute atomic E-state index is 0.100. The summed E-state index contributed by atoms with van der Waals surface area (Å²) in [6.07, 6.45) is 3.39. The van der Waals surface area contributed by atoms with Gasteiger partial charge in [0.15, 0.2) is 0 Å². The second kappa shape index (κ2) is 11.3. The Kier molecular flexibility index (Phi) is 9.16. The van der Waals surface area contributed by atoms with Crippen LogP contribution in [-0.2, 0) is 19.1 Å². The lowest BCUT2D eigenvalue weighted by Crippen LogP contribution is -2.36. The van der Waals surface area contributed by atoms with Gasteiger partial charge in [0.2, 0.25) is 0 Å². The highest BCUT2D eigenvalue weighted by molar-refractivity contribution is 8.00. The van der Waals surface area contributed by atoms with E-state index in [0.29, 0.717) is 18.5 Å². The number of thioether (sulfide) groups is 1. The molecule has 0 bridgehead atoms. The van der Waals surface area contributed by atoms with E-state index in [0.717, 1.165) is 31.4 Å². The number of fused-ring (bicyclic) bond motifs is 1. The van der Waals surface area contributed by atoms with E-state index in [1.807, 2.05) is 45.5 Å². The highest BCUT2D eigenvalue weighted by Crippen LogP contribution is 2.41. The SMILES string of the molecule is CCOC(=O)C(C)CCC1Nc2ccccc2SC1CCC(C)C(=O)OCC. The van der Waals surface area contributed by atoms with E-state index < -0.39 is 0 Å². The number of para-hydroxylation sites is 1. The van der Waals surface area contributed by atoms with Gasteiger partial charge in [-0.1, -0.05) is 26.0 Å². The van der Waals surface area contributed by atoms with Crippen LogP contribution in [0.3, 0.4) is 0 Å². The van der Waals surface area contributed by atoms with Crippen molar-refractivity contribution in [1.29, 1.82) is 0 Å². The number of rotatable bonds is 10. The van der Waals surface area contributed by atoms with Gasteiger partial charge in [-0.3, -0.25) is 9.59 Å². The van der Waals surface area contributed by atoms with Gasteiger partial charge in [0.05, 0.1) is 25.0 Å². The van der Waals surface area contributed by atoms with Crippen LogP contribution in [0, 0.1) is 11.8 Å². The van der Waals surface area contributed by atoms with Crippen LogP contribution in [0.25, 0.3) is 0 Å². The maximum atomic E-state index is 12.0. The maximum absolute atomic E-state index is 12.0. The molecule has 0 saturated carbocycles. The third-order valence-corrected chi connectivity index (χ3v) is 6.60. The van der Waals surface area contributed by atoms with Gasteiger partial charge in [0.1, 0.15) is 0 Å². The summed E-state index contributed by atoms with van der Waals surface area (Å²) in [4.78, 5) is 25.1. The average molecular weight is 408 g/mol. The fourth-order valence-corrected chi connectivity index (χ4v) is 4.75. The molecule has 1 heterocycles. The Bertz CT molecular complexity index is 596. The molecule has 4 unspecified atom stereocenters.